The Hall–Kier alpha value is -1.36. The zero-order valence-electron chi connectivity index (χ0n) is 12.5. The minimum Gasteiger partial charge on any atom is -0.368 e. The van der Waals surface area contributed by atoms with Crippen LogP contribution in [0.1, 0.15) is 50.8 Å². The third-order valence-corrected chi connectivity index (χ3v) is 4.65. The smallest absolute Gasteiger partial charge is 0.222 e. The lowest BCUT2D eigenvalue weighted by Gasteiger charge is -2.27. The van der Waals surface area contributed by atoms with Gasteiger partial charge in [-0.2, -0.15) is 4.98 Å². The summed E-state index contributed by atoms with van der Waals surface area (Å²) in [6.07, 6.45) is 5.69. The molecule has 4 N–H and O–H groups in total. The first-order valence-corrected chi connectivity index (χ1v) is 7.65. The highest BCUT2D eigenvalue weighted by molar-refractivity contribution is 5.55. The number of anilines is 2. The quantitative estimate of drug-likeness (QED) is 0.761. The van der Waals surface area contributed by atoms with Crippen LogP contribution in [0, 0.1) is 0 Å². The van der Waals surface area contributed by atoms with E-state index in [9.17, 15) is 0 Å². The number of hydrogen-bond acceptors (Lipinski definition) is 5. The fourth-order valence-electron chi connectivity index (χ4n) is 3.51. The molecule has 0 aromatic carbocycles. The van der Waals surface area contributed by atoms with Crippen LogP contribution in [0.2, 0.25) is 0 Å². The van der Waals surface area contributed by atoms with Crippen molar-refractivity contribution in [3.63, 3.8) is 0 Å². The Labute approximate surface area is 120 Å². The van der Waals surface area contributed by atoms with Gasteiger partial charge in [0.1, 0.15) is 5.82 Å². The van der Waals surface area contributed by atoms with Gasteiger partial charge in [-0.1, -0.05) is 20.3 Å². The molecule has 1 saturated heterocycles. The Morgan fingerprint density at radius 2 is 2.05 bits per heavy atom. The van der Waals surface area contributed by atoms with E-state index in [2.05, 4.69) is 28.7 Å². The third-order valence-electron chi connectivity index (χ3n) is 4.65. The van der Waals surface area contributed by atoms with Gasteiger partial charge in [-0.3, -0.25) is 0 Å². The fraction of sp³-hybridized carbons (Fsp3) is 0.733. The van der Waals surface area contributed by atoms with Crippen molar-refractivity contribution in [1.29, 1.82) is 0 Å². The van der Waals surface area contributed by atoms with E-state index in [4.69, 9.17) is 11.5 Å². The van der Waals surface area contributed by atoms with E-state index >= 15 is 0 Å². The first-order valence-electron chi connectivity index (χ1n) is 7.65. The molecule has 0 saturated carbocycles. The minimum absolute atomic E-state index is 0.0828. The molecule has 5 nitrogen and oxygen atoms in total. The molecule has 1 aromatic heterocycles. The SMILES string of the molecule is CC1(C)CCCCc2c(N3CC[C@@H](N)C3)nc(N)nc21. The Kier molecular flexibility index (Phi) is 3.32. The summed E-state index contributed by atoms with van der Waals surface area (Å²) in [4.78, 5) is 11.4. The number of aromatic nitrogens is 2. The van der Waals surface area contributed by atoms with Crippen molar-refractivity contribution < 1.29 is 0 Å². The highest BCUT2D eigenvalue weighted by Crippen LogP contribution is 2.38. The Balaban J connectivity index is 2.09. The highest BCUT2D eigenvalue weighted by Gasteiger charge is 2.32. The molecular weight excluding hydrogens is 250 g/mol. The molecule has 1 fully saturated rings. The van der Waals surface area contributed by atoms with Gasteiger partial charge in [-0.15, -0.1) is 0 Å². The molecule has 0 radical (unpaired) electrons. The second-order valence-electron chi connectivity index (χ2n) is 6.82. The van der Waals surface area contributed by atoms with Crippen molar-refractivity contribution in [2.75, 3.05) is 23.7 Å². The number of nitrogen functional groups attached to an aromatic ring is 1. The molecule has 3 rings (SSSR count). The largest absolute Gasteiger partial charge is 0.368 e. The summed E-state index contributed by atoms with van der Waals surface area (Å²) in [5, 5.41) is 0. The van der Waals surface area contributed by atoms with Gasteiger partial charge in [-0.05, 0) is 25.7 Å². The lowest BCUT2D eigenvalue weighted by molar-refractivity contribution is 0.456. The lowest BCUT2D eigenvalue weighted by atomic mass is 9.83. The molecular formula is C15H25N5. The molecule has 0 spiro atoms. The van der Waals surface area contributed by atoms with Crippen LogP contribution in [0.25, 0.3) is 0 Å². The highest BCUT2D eigenvalue weighted by atomic mass is 15.2. The summed E-state index contributed by atoms with van der Waals surface area (Å²) < 4.78 is 0. The second kappa shape index (κ2) is 4.88. The number of nitrogens with zero attached hydrogens (tertiary/aromatic N) is 3. The molecule has 110 valence electrons. The monoisotopic (exact) mass is 275 g/mol. The van der Waals surface area contributed by atoms with Gasteiger partial charge < -0.3 is 16.4 Å². The van der Waals surface area contributed by atoms with Crippen molar-refractivity contribution in [2.24, 2.45) is 5.73 Å². The van der Waals surface area contributed by atoms with Gasteiger partial charge in [0.05, 0.1) is 5.69 Å². The van der Waals surface area contributed by atoms with Gasteiger partial charge >= 0.3 is 0 Å². The van der Waals surface area contributed by atoms with Gasteiger partial charge in [0.25, 0.3) is 0 Å². The van der Waals surface area contributed by atoms with Crippen molar-refractivity contribution in [3.05, 3.63) is 11.3 Å². The standard InChI is InChI=1S/C15H25N5/c1-15(2)7-4-3-5-11-12(15)18-14(17)19-13(11)20-8-6-10(16)9-20/h10H,3-9,16H2,1-2H3,(H2,17,18,19)/t10-/m1/s1. The topological polar surface area (TPSA) is 81.1 Å². The van der Waals surface area contributed by atoms with Crippen molar-refractivity contribution >= 4 is 11.8 Å². The van der Waals surface area contributed by atoms with E-state index in [1.165, 1.54) is 18.4 Å². The van der Waals surface area contributed by atoms with Crippen LogP contribution in [0.15, 0.2) is 0 Å². The number of hydrogen-bond donors (Lipinski definition) is 2. The normalized spacial score (nSPS) is 25.4. The van der Waals surface area contributed by atoms with E-state index < -0.39 is 0 Å². The summed E-state index contributed by atoms with van der Waals surface area (Å²) in [6, 6.07) is 0.251. The van der Waals surface area contributed by atoms with Gasteiger partial charge in [0.15, 0.2) is 0 Å². The summed E-state index contributed by atoms with van der Waals surface area (Å²) in [7, 11) is 0. The molecule has 20 heavy (non-hydrogen) atoms. The van der Waals surface area contributed by atoms with Crippen LogP contribution >= 0.6 is 0 Å². The van der Waals surface area contributed by atoms with Crippen molar-refractivity contribution in [2.45, 2.75) is 57.4 Å². The first kappa shape index (κ1) is 13.6. The first-order chi connectivity index (χ1) is 9.47. The lowest BCUT2D eigenvalue weighted by Crippen LogP contribution is -2.29. The van der Waals surface area contributed by atoms with Gasteiger partial charge in [0, 0.05) is 30.1 Å². The van der Waals surface area contributed by atoms with Crippen LogP contribution in [0.4, 0.5) is 11.8 Å². The van der Waals surface area contributed by atoms with Crippen LogP contribution in [-0.2, 0) is 11.8 Å². The molecule has 1 aromatic rings. The predicted molar refractivity (Wildman–Crippen MR) is 81.8 cm³/mol. The number of fused-ring (bicyclic) bond motifs is 1. The van der Waals surface area contributed by atoms with Crippen LogP contribution in [0.3, 0.4) is 0 Å². The third kappa shape index (κ3) is 2.35. The van der Waals surface area contributed by atoms with E-state index in [1.807, 2.05) is 0 Å². The number of rotatable bonds is 1. The van der Waals surface area contributed by atoms with Gasteiger partial charge in [0.2, 0.25) is 5.95 Å². The molecule has 2 aliphatic rings. The average Bonchev–Trinajstić information content (AvgIpc) is 2.75. The Morgan fingerprint density at radius 1 is 1.25 bits per heavy atom. The summed E-state index contributed by atoms with van der Waals surface area (Å²) in [5.74, 6) is 1.43. The molecule has 1 atom stereocenters. The molecule has 5 heteroatoms. The van der Waals surface area contributed by atoms with Crippen LogP contribution in [0.5, 0.6) is 0 Å². The van der Waals surface area contributed by atoms with Crippen molar-refractivity contribution in [1.82, 2.24) is 9.97 Å². The molecule has 2 heterocycles. The Bertz CT molecular complexity index is 511. The summed E-state index contributed by atoms with van der Waals surface area (Å²) in [6.45, 7) is 6.39. The maximum absolute atomic E-state index is 6.04. The zero-order chi connectivity index (χ0) is 14.3. The second-order valence-corrected chi connectivity index (χ2v) is 6.82. The maximum Gasteiger partial charge on any atom is 0.222 e. The van der Waals surface area contributed by atoms with E-state index in [-0.39, 0.29) is 11.5 Å². The Morgan fingerprint density at radius 3 is 2.75 bits per heavy atom. The molecule has 1 aliphatic heterocycles. The molecule has 1 aliphatic carbocycles. The number of nitrogens with two attached hydrogens (primary N) is 2. The zero-order valence-corrected chi connectivity index (χ0v) is 12.5. The van der Waals surface area contributed by atoms with Crippen LogP contribution in [-0.4, -0.2) is 29.1 Å². The molecule has 0 amide bonds. The maximum atomic E-state index is 6.04. The van der Waals surface area contributed by atoms with E-state index in [0.29, 0.717) is 5.95 Å². The summed E-state index contributed by atoms with van der Waals surface area (Å²) >= 11 is 0. The van der Waals surface area contributed by atoms with Gasteiger partial charge in [-0.25, -0.2) is 4.98 Å². The summed E-state index contributed by atoms with van der Waals surface area (Å²) in [5.41, 5.74) is 14.6. The minimum atomic E-state index is 0.0828. The fourth-order valence-corrected chi connectivity index (χ4v) is 3.51. The average molecular weight is 275 g/mol. The predicted octanol–water partition coefficient (Wildman–Crippen LogP) is 1.60. The van der Waals surface area contributed by atoms with E-state index in [1.54, 1.807) is 0 Å². The van der Waals surface area contributed by atoms with Crippen LogP contribution < -0.4 is 16.4 Å². The van der Waals surface area contributed by atoms with Crippen molar-refractivity contribution in [3.8, 4) is 0 Å². The molecule has 0 bridgehead atoms. The van der Waals surface area contributed by atoms with E-state index in [0.717, 1.165) is 43.9 Å². The molecule has 0 unspecified atom stereocenters.